The van der Waals surface area contributed by atoms with E-state index in [0.29, 0.717) is 19.0 Å². The Morgan fingerprint density at radius 1 is 1.15 bits per heavy atom. The number of ether oxygens (including phenoxy) is 2. The van der Waals surface area contributed by atoms with Gasteiger partial charge in [-0.1, -0.05) is 0 Å². The highest BCUT2D eigenvalue weighted by atomic mass is 16.5. The average molecular weight is 282 g/mol. The zero-order chi connectivity index (χ0) is 14.2. The van der Waals surface area contributed by atoms with E-state index in [2.05, 4.69) is 19.8 Å². The lowest BCUT2D eigenvalue weighted by atomic mass is 10.3. The number of methoxy groups -OCH3 is 1. The van der Waals surface area contributed by atoms with E-state index < -0.39 is 0 Å². The number of rotatable bonds is 7. The van der Waals surface area contributed by atoms with Crippen molar-refractivity contribution in [3.63, 3.8) is 0 Å². The van der Waals surface area contributed by atoms with E-state index in [1.54, 1.807) is 19.5 Å². The predicted molar refractivity (Wildman–Crippen MR) is 75.1 cm³/mol. The van der Waals surface area contributed by atoms with Crippen LogP contribution in [0.15, 0.2) is 12.4 Å². The minimum absolute atomic E-state index is 0.212. The number of hydrogen-bond donors (Lipinski definition) is 1. The van der Waals surface area contributed by atoms with Crippen molar-refractivity contribution in [2.45, 2.75) is 0 Å². The molecule has 0 amide bonds. The highest BCUT2D eigenvalue weighted by molar-refractivity contribution is 5.32. The van der Waals surface area contributed by atoms with E-state index in [0.717, 1.165) is 38.7 Å². The van der Waals surface area contributed by atoms with Gasteiger partial charge in [0.25, 0.3) is 0 Å². The van der Waals surface area contributed by atoms with Crippen LogP contribution < -0.4 is 9.64 Å². The van der Waals surface area contributed by atoms with Crippen LogP contribution in [0.25, 0.3) is 0 Å². The Bertz CT molecular complexity index is 380. The van der Waals surface area contributed by atoms with Gasteiger partial charge < -0.3 is 19.5 Å². The second-order valence-electron chi connectivity index (χ2n) is 4.61. The Kier molecular flexibility index (Phi) is 5.97. The summed E-state index contributed by atoms with van der Waals surface area (Å²) in [5.41, 5.74) is 0. The zero-order valence-corrected chi connectivity index (χ0v) is 11.9. The Balaban J connectivity index is 1.81. The molecule has 7 heteroatoms. The average Bonchev–Trinajstić information content (AvgIpc) is 2.49. The second-order valence-corrected chi connectivity index (χ2v) is 4.61. The summed E-state index contributed by atoms with van der Waals surface area (Å²) < 4.78 is 10.3. The van der Waals surface area contributed by atoms with Crippen molar-refractivity contribution in [2.75, 3.05) is 64.6 Å². The van der Waals surface area contributed by atoms with E-state index in [4.69, 9.17) is 14.6 Å². The topological polar surface area (TPSA) is 71.0 Å². The number of nitrogens with zero attached hydrogens (tertiary/aromatic N) is 4. The molecular formula is C13H22N4O3. The lowest BCUT2D eigenvalue weighted by Gasteiger charge is -2.34. The second kappa shape index (κ2) is 7.98. The van der Waals surface area contributed by atoms with E-state index in [-0.39, 0.29) is 6.61 Å². The number of aliphatic hydroxyl groups excluding tert-OH is 1. The van der Waals surface area contributed by atoms with Gasteiger partial charge in [0.2, 0.25) is 5.95 Å². The first-order valence-corrected chi connectivity index (χ1v) is 6.85. The summed E-state index contributed by atoms with van der Waals surface area (Å²) in [6.07, 6.45) is 3.39. The van der Waals surface area contributed by atoms with Crippen LogP contribution in [0, 0.1) is 0 Å². The molecule has 0 aliphatic carbocycles. The molecule has 112 valence electrons. The molecule has 20 heavy (non-hydrogen) atoms. The lowest BCUT2D eigenvalue weighted by Crippen LogP contribution is -2.47. The molecule has 7 nitrogen and oxygen atoms in total. The molecule has 1 aromatic heterocycles. The molecule has 0 saturated carbocycles. The minimum atomic E-state index is 0.212. The van der Waals surface area contributed by atoms with E-state index in [1.165, 1.54) is 0 Å². The molecule has 1 N–H and O–H groups in total. The van der Waals surface area contributed by atoms with Crippen molar-refractivity contribution in [3.05, 3.63) is 12.4 Å². The molecule has 0 bridgehead atoms. The van der Waals surface area contributed by atoms with Gasteiger partial charge in [0, 0.05) is 39.8 Å². The number of aromatic nitrogens is 2. The van der Waals surface area contributed by atoms with Crippen molar-refractivity contribution in [1.82, 2.24) is 14.9 Å². The standard InChI is InChI=1S/C13H22N4O3/c1-19-8-9-20-12-10-14-13(15-11-12)17-4-2-16(3-5-17)6-7-18/h10-11,18H,2-9H2,1H3. The first kappa shape index (κ1) is 15.0. The quantitative estimate of drug-likeness (QED) is 0.683. The van der Waals surface area contributed by atoms with Crippen LogP contribution in [-0.4, -0.2) is 79.6 Å². The molecule has 2 rings (SSSR count). The van der Waals surface area contributed by atoms with Crippen LogP contribution in [-0.2, 0) is 4.74 Å². The molecule has 0 spiro atoms. The Morgan fingerprint density at radius 2 is 1.85 bits per heavy atom. The summed E-state index contributed by atoms with van der Waals surface area (Å²) in [5, 5.41) is 8.92. The number of piperazine rings is 1. The Morgan fingerprint density at radius 3 is 2.45 bits per heavy atom. The van der Waals surface area contributed by atoms with Gasteiger partial charge in [-0.15, -0.1) is 0 Å². The number of hydrogen-bond acceptors (Lipinski definition) is 7. The van der Waals surface area contributed by atoms with Gasteiger partial charge in [0.05, 0.1) is 25.6 Å². The van der Waals surface area contributed by atoms with Gasteiger partial charge in [0.1, 0.15) is 6.61 Å². The number of aliphatic hydroxyl groups is 1. The van der Waals surface area contributed by atoms with Crippen molar-refractivity contribution < 1.29 is 14.6 Å². The monoisotopic (exact) mass is 282 g/mol. The molecular weight excluding hydrogens is 260 g/mol. The normalized spacial score (nSPS) is 16.4. The van der Waals surface area contributed by atoms with E-state index in [9.17, 15) is 0 Å². The maximum atomic E-state index is 8.92. The summed E-state index contributed by atoms with van der Waals surface area (Å²) in [5.74, 6) is 1.39. The van der Waals surface area contributed by atoms with Crippen LogP contribution in [0.2, 0.25) is 0 Å². The van der Waals surface area contributed by atoms with Gasteiger partial charge in [-0.05, 0) is 0 Å². The molecule has 1 aromatic rings. The Labute approximate surface area is 119 Å². The van der Waals surface area contributed by atoms with Crippen LogP contribution in [0.5, 0.6) is 5.75 Å². The first-order valence-electron chi connectivity index (χ1n) is 6.85. The third-order valence-electron chi connectivity index (χ3n) is 3.24. The molecule has 0 unspecified atom stereocenters. The third-order valence-corrected chi connectivity index (χ3v) is 3.24. The summed E-state index contributed by atoms with van der Waals surface area (Å²) in [6.45, 7) is 5.61. The van der Waals surface area contributed by atoms with Crippen LogP contribution in [0.4, 0.5) is 5.95 Å². The van der Waals surface area contributed by atoms with Gasteiger partial charge in [0.15, 0.2) is 5.75 Å². The lowest BCUT2D eigenvalue weighted by molar-refractivity contribution is 0.146. The van der Waals surface area contributed by atoms with Gasteiger partial charge in [-0.3, -0.25) is 4.90 Å². The highest BCUT2D eigenvalue weighted by Gasteiger charge is 2.18. The number of anilines is 1. The zero-order valence-electron chi connectivity index (χ0n) is 11.9. The molecule has 1 fully saturated rings. The largest absolute Gasteiger partial charge is 0.488 e. The van der Waals surface area contributed by atoms with E-state index >= 15 is 0 Å². The fourth-order valence-electron chi connectivity index (χ4n) is 2.10. The summed E-state index contributed by atoms with van der Waals surface area (Å²) in [4.78, 5) is 13.0. The van der Waals surface area contributed by atoms with Crippen molar-refractivity contribution in [1.29, 1.82) is 0 Å². The summed E-state index contributed by atoms with van der Waals surface area (Å²) in [7, 11) is 1.64. The molecule has 1 saturated heterocycles. The number of β-amino-alcohol motifs (C(OH)–C–C–N with tert-alkyl or cyclic N) is 1. The highest BCUT2D eigenvalue weighted by Crippen LogP contribution is 2.13. The molecule has 0 atom stereocenters. The smallest absolute Gasteiger partial charge is 0.225 e. The molecule has 1 aliphatic heterocycles. The van der Waals surface area contributed by atoms with Crippen LogP contribution in [0.3, 0.4) is 0 Å². The fraction of sp³-hybridized carbons (Fsp3) is 0.692. The molecule has 1 aliphatic rings. The first-order chi connectivity index (χ1) is 9.83. The summed E-state index contributed by atoms with van der Waals surface area (Å²) >= 11 is 0. The van der Waals surface area contributed by atoms with Crippen LogP contribution >= 0.6 is 0 Å². The Hall–Kier alpha value is -1.44. The van der Waals surface area contributed by atoms with E-state index in [1.807, 2.05) is 0 Å². The van der Waals surface area contributed by atoms with Gasteiger partial charge >= 0.3 is 0 Å². The molecule has 0 aromatic carbocycles. The van der Waals surface area contributed by atoms with Crippen molar-refractivity contribution in [2.24, 2.45) is 0 Å². The summed E-state index contributed by atoms with van der Waals surface area (Å²) in [6, 6.07) is 0. The maximum Gasteiger partial charge on any atom is 0.225 e. The predicted octanol–water partition coefficient (Wildman–Crippen LogP) is -0.384. The third kappa shape index (κ3) is 4.29. The van der Waals surface area contributed by atoms with Crippen molar-refractivity contribution in [3.8, 4) is 5.75 Å². The SMILES string of the molecule is COCCOc1cnc(N2CCN(CCO)CC2)nc1. The fourth-order valence-corrected chi connectivity index (χ4v) is 2.10. The van der Waals surface area contributed by atoms with Crippen LogP contribution in [0.1, 0.15) is 0 Å². The van der Waals surface area contributed by atoms with Gasteiger partial charge in [-0.25, -0.2) is 9.97 Å². The minimum Gasteiger partial charge on any atom is -0.488 e. The molecule has 2 heterocycles. The van der Waals surface area contributed by atoms with Crippen molar-refractivity contribution >= 4 is 5.95 Å². The maximum absolute atomic E-state index is 8.92. The van der Waals surface area contributed by atoms with Gasteiger partial charge in [-0.2, -0.15) is 0 Å². The molecule has 0 radical (unpaired) electrons.